The quantitative estimate of drug-likeness (QED) is 0.625. The first-order chi connectivity index (χ1) is 8.89. The molecule has 0 spiro atoms. The van der Waals surface area contributed by atoms with Gasteiger partial charge in [-0.05, 0) is 25.0 Å². The maximum absolute atomic E-state index is 4.42. The number of aromatic nitrogens is 1. The molecule has 19 heavy (non-hydrogen) atoms. The van der Waals surface area contributed by atoms with Crippen molar-refractivity contribution in [3.8, 4) is 0 Å². The predicted octanol–water partition coefficient (Wildman–Crippen LogP) is 6.30. The molecule has 0 radical (unpaired) electrons. The molecular formula is C18H35N. The van der Waals surface area contributed by atoms with Crippen LogP contribution in [0.1, 0.15) is 85.4 Å². The Morgan fingerprint density at radius 3 is 1.68 bits per heavy atom. The first-order valence-corrected chi connectivity index (χ1v) is 7.82. The van der Waals surface area contributed by atoms with Crippen molar-refractivity contribution in [2.45, 2.75) is 86.5 Å². The van der Waals surface area contributed by atoms with Crippen LogP contribution in [0.15, 0.2) is 18.3 Å². The first-order valence-electron chi connectivity index (χ1n) is 7.82. The van der Waals surface area contributed by atoms with Crippen molar-refractivity contribution in [2.24, 2.45) is 0 Å². The predicted molar refractivity (Wildman–Crippen MR) is 88.8 cm³/mol. The lowest BCUT2D eigenvalue weighted by Crippen LogP contribution is -2.17. The van der Waals surface area contributed by atoms with E-state index in [2.05, 4.69) is 72.5 Å². The van der Waals surface area contributed by atoms with Gasteiger partial charge in [-0.3, -0.25) is 4.98 Å². The normalized spacial score (nSPS) is 9.89. The molecule has 0 aromatic carbocycles. The van der Waals surface area contributed by atoms with Crippen LogP contribution in [0.25, 0.3) is 0 Å². The zero-order valence-corrected chi connectivity index (χ0v) is 14.5. The molecule has 0 saturated heterocycles. The summed E-state index contributed by atoms with van der Waals surface area (Å²) in [6.07, 6.45) is 6.95. The fourth-order valence-electron chi connectivity index (χ4n) is 1.05. The number of rotatable bonds is 3. The van der Waals surface area contributed by atoms with E-state index in [9.17, 15) is 0 Å². The molecule has 1 aromatic rings. The highest BCUT2D eigenvalue weighted by Crippen LogP contribution is 2.24. The van der Waals surface area contributed by atoms with Gasteiger partial charge >= 0.3 is 0 Å². The van der Waals surface area contributed by atoms with Gasteiger partial charge in [-0.1, -0.05) is 73.8 Å². The molecule has 0 atom stereocenters. The number of aryl methyl sites for hydroxylation is 1. The minimum Gasteiger partial charge on any atom is -0.260 e. The summed E-state index contributed by atoms with van der Waals surface area (Å²) in [4.78, 5) is 4.42. The third-order valence-corrected chi connectivity index (χ3v) is 2.99. The summed E-state index contributed by atoms with van der Waals surface area (Å²) in [5.41, 5.74) is 2.63. The second-order valence-corrected chi connectivity index (χ2v) is 5.67. The van der Waals surface area contributed by atoms with Gasteiger partial charge in [0.2, 0.25) is 0 Å². The van der Waals surface area contributed by atoms with Crippen molar-refractivity contribution in [3.05, 3.63) is 29.6 Å². The maximum Gasteiger partial charge on any atom is 0.0459 e. The average molecular weight is 265 g/mol. The van der Waals surface area contributed by atoms with E-state index >= 15 is 0 Å². The Balaban J connectivity index is 0. The standard InChI is InChI=1S/C11H17N.C4H10.C3H8/c1-5-11(3,4)10-7-6-9(2)8-12-10;1-3-4-2;1-3-2/h6-8H,5H2,1-4H3;3-4H2,1-2H3;3H2,1-2H3. The maximum atomic E-state index is 4.42. The van der Waals surface area contributed by atoms with Crippen molar-refractivity contribution < 1.29 is 0 Å². The molecule has 1 rings (SSSR count). The average Bonchev–Trinajstić information content (AvgIpc) is 2.40. The number of hydrogen-bond donors (Lipinski definition) is 0. The van der Waals surface area contributed by atoms with Crippen LogP contribution in [0.5, 0.6) is 0 Å². The Hall–Kier alpha value is -0.850. The molecule has 1 aromatic heterocycles. The van der Waals surface area contributed by atoms with Gasteiger partial charge in [-0.25, -0.2) is 0 Å². The molecule has 0 bridgehead atoms. The molecule has 0 unspecified atom stereocenters. The molecule has 112 valence electrons. The first kappa shape index (κ1) is 20.5. The van der Waals surface area contributed by atoms with Crippen molar-refractivity contribution in [1.82, 2.24) is 4.98 Å². The van der Waals surface area contributed by atoms with Gasteiger partial charge in [-0.2, -0.15) is 0 Å². The van der Waals surface area contributed by atoms with E-state index in [1.54, 1.807) is 0 Å². The SMILES string of the molecule is CCC.CCC(C)(C)c1ccc(C)cn1.CCCC. The summed E-state index contributed by atoms with van der Waals surface area (Å²) < 4.78 is 0. The zero-order chi connectivity index (χ0) is 15.3. The van der Waals surface area contributed by atoms with Gasteiger partial charge in [0.1, 0.15) is 0 Å². The molecule has 0 N–H and O–H groups in total. The molecule has 1 heterocycles. The Bertz CT molecular complexity index is 283. The third-order valence-electron chi connectivity index (χ3n) is 2.99. The van der Waals surface area contributed by atoms with Gasteiger partial charge in [0.05, 0.1) is 0 Å². The van der Waals surface area contributed by atoms with Gasteiger partial charge in [0.15, 0.2) is 0 Å². The van der Waals surface area contributed by atoms with Gasteiger partial charge < -0.3 is 0 Å². The van der Waals surface area contributed by atoms with Crippen molar-refractivity contribution in [3.63, 3.8) is 0 Å². The van der Waals surface area contributed by atoms with E-state index in [1.165, 1.54) is 30.5 Å². The molecule has 0 saturated carbocycles. The molecule has 1 heteroatoms. The van der Waals surface area contributed by atoms with Crippen LogP contribution in [0.3, 0.4) is 0 Å². The number of nitrogens with zero attached hydrogens (tertiary/aromatic N) is 1. The molecule has 1 nitrogen and oxygen atoms in total. The van der Waals surface area contributed by atoms with E-state index in [0.29, 0.717) is 0 Å². The summed E-state index contributed by atoms with van der Waals surface area (Å²) >= 11 is 0. The lowest BCUT2D eigenvalue weighted by Gasteiger charge is -2.21. The van der Waals surface area contributed by atoms with Crippen molar-refractivity contribution >= 4 is 0 Å². The second-order valence-electron chi connectivity index (χ2n) is 5.67. The number of pyridine rings is 1. The highest BCUT2D eigenvalue weighted by molar-refractivity contribution is 5.18. The summed E-state index contributed by atoms with van der Waals surface area (Å²) in [6.45, 7) is 17.3. The fraction of sp³-hybridized carbons (Fsp3) is 0.722. The Morgan fingerprint density at radius 1 is 0.947 bits per heavy atom. The van der Waals surface area contributed by atoms with E-state index in [1.807, 2.05) is 6.20 Å². The summed E-state index contributed by atoms with van der Waals surface area (Å²) in [5, 5.41) is 0. The van der Waals surface area contributed by atoms with Gasteiger partial charge in [-0.15, -0.1) is 0 Å². The molecule has 0 aliphatic heterocycles. The minimum absolute atomic E-state index is 0.216. The third kappa shape index (κ3) is 10.7. The minimum atomic E-state index is 0.216. The zero-order valence-electron chi connectivity index (χ0n) is 14.5. The Labute approximate surface area is 121 Å². The molecular weight excluding hydrogens is 230 g/mol. The van der Waals surface area contributed by atoms with Crippen molar-refractivity contribution in [1.29, 1.82) is 0 Å². The van der Waals surface area contributed by atoms with Gasteiger partial charge in [0.25, 0.3) is 0 Å². The lowest BCUT2D eigenvalue weighted by molar-refractivity contribution is 0.490. The smallest absolute Gasteiger partial charge is 0.0459 e. The molecule has 0 fully saturated rings. The van der Waals surface area contributed by atoms with Crippen molar-refractivity contribution in [2.75, 3.05) is 0 Å². The topological polar surface area (TPSA) is 12.9 Å². The fourth-order valence-corrected chi connectivity index (χ4v) is 1.05. The lowest BCUT2D eigenvalue weighted by atomic mass is 9.86. The molecule has 0 aliphatic carbocycles. The monoisotopic (exact) mass is 265 g/mol. The summed E-state index contributed by atoms with van der Waals surface area (Å²) in [5.74, 6) is 0. The van der Waals surface area contributed by atoms with Gasteiger partial charge in [0, 0.05) is 17.3 Å². The van der Waals surface area contributed by atoms with Crippen LogP contribution >= 0.6 is 0 Å². The Kier molecular flexibility index (Phi) is 13.1. The summed E-state index contributed by atoms with van der Waals surface area (Å²) in [7, 11) is 0. The molecule has 0 amide bonds. The van der Waals surface area contributed by atoms with E-state index in [0.717, 1.165) is 6.42 Å². The van der Waals surface area contributed by atoms with Crippen LogP contribution in [-0.4, -0.2) is 4.98 Å². The molecule has 0 aliphatic rings. The van der Waals surface area contributed by atoms with E-state index in [4.69, 9.17) is 0 Å². The van der Waals surface area contributed by atoms with Crippen LogP contribution in [-0.2, 0) is 5.41 Å². The highest BCUT2D eigenvalue weighted by Gasteiger charge is 2.18. The summed E-state index contributed by atoms with van der Waals surface area (Å²) in [6, 6.07) is 4.25. The van der Waals surface area contributed by atoms with Crippen LogP contribution in [0.2, 0.25) is 0 Å². The van der Waals surface area contributed by atoms with Crippen LogP contribution < -0.4 is 0 Å². The van der Waals surface area contributed by atoms with Crippen LogP contribution in [0, 0.1) is 6.92 Å². The second kappa shape index (κ2) is 12.2. The number of hydrogen-bond acceptors (Lipinski definition) is 1. The largest absolute Gasteiger partial charge is 0.260 e. The van der Waals surface area contributed by atoms with E-state index in [-0.39, 0.29) is 5.41 Å². The van der Waals surface area contributed by atoms with E-state index < -0.39 is 0 Å². The highest BCUT2D eigenvalue weighted by atomic mass is 14.7. The Morgan fingerprint density at radius 2 is 1.42 bits per heavy atom. The van der Waals surface area contributed by atoms with Crippen LogP contribution in [0.4, 0.5) is 0 Å². The number of unbranched alkanes of at least 4 members (excludes halogenated alkanes) is 1.